The number of hydrogen-bond donors (Lipinski definition) is 1. The maximum atomic E-state index is 3.51. The third-order valence-corrected chi connectivity index (χ3v) is 2.85. The zero-order valence-corrected chi connectivity index (χ0v) is 11.9. The van der Waals surface area contributed by atoms with Crippen molar-refractivity contribution in [3.63, 3.8) is 0 Å². The van der Waals surface area contributed by atoms with Crippen LogP contribution >= 0.6 is 0 Å². The molecule has 0 aliphatic heterocycles. The second-order valence-corrected chi connectivity index (χ2v) is 4.93. The molecule has 16 heavy (non-hydrogen) atoms. The Morgan fingerprint density at radius 1 is 1.00 bits per heavy atom. The van der Waals surface area contributed by atoms with Crippen molar-refractivity contribution in [1.29, 1.82) is 0 Å². The quantitative estimate of drug-likeness (QED) is 0.573. The molecule has 0 heterocycles. The monoisotopic (exact) mass is 229 g/mol. The highest BCUT2D eigenvalue weighted by molar-refractivity contribution is 4.59. The molecule has 0 rings (SSSR count). The number of hydrogen-bond acceptors (Lipinski definition) is 3. The third kappa shape index (κ3) is 9.13. The average molecular weight is 229 g/mol. The largest absolute Gasteiger partial charge is 0.314 e. The van der Waals surface area contributed by atoms with E-state index in [0.29, 0.717) is 0 Å². The van der Waals surface area contributed by atoms with E-state index in [2.05, 4.69) is 49.9 Å². The summed E-state index contributed by atoms with van der Waals surface area (Å²) < 4.78 is 0. The molecule has 0 aliphatic rings. The average Bonchev–Trinajstić information content (AvgIpc) is 2.22. The van der Waals surface area contributed by atoms with Gasteiger partial charge in [-0.05, 0) is 26.1 Å². The molecule has 0 amide bonds. The van der Waals surface area contributed by atoms with E-state index >= 15 is 0 Å². The summed E-state index contributed by atoms with van der Waals surface area (Å²) in [5.74, 6) is 0.765. The first kappa shape index (κ1) is 15.9. The van der Waals surface area contributed by atoms with Crippen LogP contribution in [0.1, 0.15) is 27.7 Å². The molecule has 1 N–H and O–H groups in total. The van der Waals surface area contributed by atoms with Gasteiger partial charge in [0.2, 0.25) is 0 Å². The van der Waals surface area contributed by atoms with Crippen LogP contribution in [-0.4, -0.2) is 62.7 Å². The fraction of sp³-hybridized carbons (Fsp3) is 1.00. The maximum Gasteiger partial charge on any atom is 0.0107 e. The molecule has 0 aromatic heterocycles. The van der Waals surface area contributed by atoms with Crippen molar-refractivity contribution in [3.05, 3.63) is 0 Å². The van der Waals surface area contributed by atoms with Gasteiger partial charge in [-0.15, -0.1) is 0 Å². The van der Waals surface area contributed by atoms with E-state index in [-0.39, 0.29) is 0 Å². The van der Waals surface area contributed by atoms with Crippen LogP contribution < -0.4 is 5.32 Å². The number of rotatable bonds is 10. The lowest BCUT2D eigenvalue weighted by atomic mass is 10.2. The van der Waals surface area contributed by atoms with Crippen LogP contribution in [0.2, 0.25) is 0 Å². The Hall–Kier alpha value is -0.120. The van der Waals surface area contributed by atoms with Gasteiger partial charge in [-0.1, -0.05) is 27.7 Å². The molecule has 98 valence electrons. The molecular weight excluding hydrogens is 198 g/mol. The van der Waals surface area contributed by atoms with Crippen LogP contribution in [0, 0.1) is 5.92 Å². The molecule has 0 saturated heterocycles. The first-order chi connectivity index (χ1) is 7.60. The minimum Gasteiger partial charge on any atom is -0.314 e. The van der Waals surface area contributed by atoms with Crippen LogP contribution in [-0.2, 0) is 0 Å². The van der Waals surface area contributed by atoms with Crippen molar-refractivity contribution in [1.82, 2.24) is 15.1 Å². The number of nitrogens with one attached hydrogen (secondary N) is 1. The summed E-state index contributed by atoms with van der Waals surface area (Å²) in [5.41, 5.74) is 0. The van der Waals surface area contributed by atoms with Crippen molar-refractivity contribution in [2.24, 2.45) is 5.92 Å². The van der Waals surface area contributed by atoms with E-state index in [0.717, 1.165) is 38.6 Å². The summed E-state index contributed by atoms with van der Waals surface area (Å²) in [6, 6.07) is 0. The highest BCUT2D eigenvalue weighted by atomic mass is 15.1. The summed E-state index contributed by atoms with van der Waals surface area (Å²) in [4.78, 5) is 4.85. The molecule has 0 aromatic carbocycles. The van der Waals surface area contributed by atoms with Gasteiger partial charge in [-0.25, -0.2) is 0 Å². The lowest BCUT2D eigenvalue weighted by Gasteiger charge is -2.20. The summed E-state index contributed by atoms with van der Waals surface area (Å²) in [6.07, 6.45) is 0. The first-order valence-corrected chi connectivity index (χ1v) is 6.71. The van der Waals surface area contributed by atoms with Gasteiger partial charge in [-0.2, -0.15) is 0 Å². The fourth-order valence-electron chi connectivity index (χ4n) is 1.89. The molecule has 0 aromatic rings. The minimum atomic E-state index is 0.765. The molecule has 0 saturated carbocycles. The Morgan fingerprint density at radius 2 is 1.56 bits per heavy atom. The van der Waals surface area contributed by atoms with Gasteiger partial charge in [0.1, 0.15) is 0 Å². The van der Waals surface area contributed by atoms with Gasteiger partial charge in [0, 0.05) is 32.7 Å². The van der Waals surface area contributed by atoms with E-state index in [1.807, 2.05) is 0 Å². The van der Waals surface area contributed by atoms with Crippen molar-refractivity contribution in [3.8, 4) is 0 Å². The second kappa shape index (κ2) is 10.1. The normalized spacial score (nSPS) is 12.0. The molecule has 0 aliphatic carbocycles. The summed E-state index contributed by atoms with van der Waals surface area (Å²) >= 11 is 0. The smallest absolute Gasteiger partial charge is 0.0107 e. The van der Waals surface area contributed by atoms with Crippen molar-refractivity contribution >= 4 is 0 Å². The van der Waals surface area contributed by atoms with Gasteiger partial charge in [0.05, 0.1) is 0 Å². The van der Waals surface area contributed by atoms with Crippen LogP contribution in [0.25, 0.3) is 0 Å². The molecule has 0 unspecified atom stereocenters. The van der Waals surface area contributed by atoms with Crippen molar-refractivity contribution in [2.45, 2.75) is 27.7 Å². The molecular formula is C13H31N3. The minimum absolute atomic E-state index is 0.765. The molecule has 0 bridgehead atoms. The highest BCUT2D eigenvalue weighted by Crippen LogP contribution is 1.94. The zero-order chi connectivity index (χ0) is 12.4. The van der Waals surface area contributed by atoms with E-state index in [9.17, 15) is 0 Å². The Morgan fingerprint density at radius 3 is 2.06 bits per heavy atom. The summed E-state index contributed by atoms with van der Waals surface area (Å²) in [7, 11) is 2.20. The van der Waals surface area contributed by atoms with Crippen molar-refractivity contribution in [2.75, 3.05) is 52.9 Å². The van der Waals surface area contributed by atoms with E-state index in [1.165, 1.54) is 13.1 Å². The Bertz CT molecular complexity index is 144. The second-order valence-electron chi connectivity index (χ2n) is 4.93. The molecule has 3 nitrogen and oxygen atoms in total. The Labute approximate surface area is 102 Å². The van der Waals surface area contributed by atoms with Gasteiger partial charge < -0.3 is 15.1 Å². The number of nitrogens with zero attached hydrogens (tertiary/aromatic N) is 2. The lowest BCUT2D eigenvalue weighted by Crippen LogP contribution is -2.36. The van der Waals surface area contributed by atoms with E-state index in [1.54, 1.807) is 0 Å². The van der Waals surface area contributed by atoms with Gasteiger partial charge in [0.15, 0.2) is 0 Å². The molecule has 0 radical (unpaired) electrons. The standard InChI is InChI=1S/C13H31N3/c1-6-16(7-2)11-9-14-8-10-15(5)12-13(3)4/h13-14H,6-12H2,1-5H3. The van der Waals surface area contributed by atoms with Crippen LogP contribution in [0.15, 0.2) is 0 Å². The van der Waals surface area contributed by atoms with Crippen molar-refractivity contribution < 1.29 is 0 Å². The highest BCUT2D eigenvalue weighted by Gasteiger charge is 2.01. The van der Waals surface area contributed by atoms with Gasteiger partial charge in [0.25, 0.3) is 0 Å². The Kier molecular flexibility index (Phi) is 9.99. The SMILES string of the molecule is CCN(CC)CCNCCN(C)CC(C)C. The lowest BCUT2D eigenvalue weighted by molar-refractivity contribution is 0.280. The maximum absolute atomic E-state index is 3.51. The van der Waals surface area contributed by atoms with Gasteiger partial charge >= 0.3 is 0 Å². The molecule has 0 atom stereocenters. The topological polar surface area (TPSA) is 18.5 Å². The van der Waals surface area contributed by atoms with E-state index < -0.39 is 0 Å². The number of likely N-dealkylation sites (N-methyl/N-ethyl adjacent to an activating group) is 2. The summed E-state index contributed by atoms with van der Waals surface area (Å²) in [5, 5.41) is 3.51. The Balaban J connectivity index is 3.32. The van der Waals surface area contributed by atoms with E-state index in [4.69, 9.17) is 0 Å². The molecule has 0 spiro atoms. The van der Waals surface area contributed by atoms with Gasteiger partial charge in [-0.3, -0.25) is 0 Å². The summed E-state index contributed by atoms with van der Waals surface area (Å²) in [6.45, 7) is 17.0. The molecule has 0 fully saturated rings. The zero-order valence-electron chi connectivity index (χ0n) is 11.9. The van der Waals surface area contributed by atoms with Crippen LogP contribution in [0.3, 0.4) is 0 Å². The first-order valence-electron chi connectivity index (χ1n) is 6.71. The fourth-order valence-corrected chi connectivity index (χ4v) is 1.89. The molecule has 3 heteroatoms. The predicted octanol–water partition coefficient (Wildman–Crippen LogP) is 1.51. The predicted molar refractivity (Wildman–Crippen MR) is 73.0 cm³/mol. The van der Waals surface area contributed by atoms with Crippen LogP contribution in [0.5, 0.6) is 0 Å². The van der Waals surface area contributed by atoms with Crippen LogP contribution in [0.4, 0.5) is 0 Å². The third-order valence-electron chi connectivity index (χ3n) is 2.85.